The molecule has 0 bridgehead atoms. The lowest BCUT2D eigenvalue weighted by Gasteiger charge is -2.04. The number of hydrogen-bond donors (Lipinski definition) is 1. The van der Waals surface area contributed by atoms with E-state index in [1.165, 1.54) is 12.1 Å². The second-order valence-corrected chi connectivity index (χ2v) is 4.17. The summed E-state index contributed by atoms with van der Waals surface area (Å²) in [6.45, 7) is 0.520. The molecule has 0 fully saturated rings. The van der Waals surface area contributed by atoms with E-state index in [1.807, 2.05) is 0 Å². The van der Waals surface area contributed by atoms with E-state index >= 15 is 0 Å². The van der Waals surface area contributed by atoms with Crippen LogP contribution in [0.15, 0.2) is 42.5 Å². The van der Waals surface area contributed by atoms with Gasteiger partial charge in [0.25, 0.3) is 0 Å². The Morgan fingerprint density at radius 1 is 1.05 bits per heavy atom. The highest BCUT2D eigenvalue weighted by Crippen LogP contribution is 2.16. The van der Waals surface area contributed by atoms with Crippen molar-refractivity contribution < 1.29 is 13.6 Å². The number of benzene rings is 2. The predicted octanol–water partition coefficient (Wildman–Crippen LogP) is 2.70. The summed E-state index contributed by atoms with van der Waals surface area (Å²) in [5.41, 5.74) is 6.49. The minimum Gasteiger partial charge on any atom is -0.330 e. The molecule has 19 heavy (non-hydrogen) atoms. The molecule has 4 heteroatoms. The number of nitrogens with two attached hydrogens (primary N) is 1. The Morgan fingerprint density at radius 3 is 2.37 bits per heavy atom. The Bertz CT molecular complexity index is 594. The van der Waals surface area contributed by atoms with Gasteiger partial charge in [0.2, 0.25) is 0 Å². The first-order valence-corrected chi connectivity index (χ1v) is 5.91. The molecule has 0 heterocycles. The summed E-state index contributed by atoms with van der Waals surface area (Å²) in [6, 6.07) is 10.3. The van der Waals surface area contributed by atoms with E-state index in [1.54, 1.807) is 24.3 Å². The van der Waals surface area contributed by atoms with Crippen LogP contribution in [0, 0.1) is 11.6 Å². The van der Waals surface area contributed by atoms with Crippen LogP contribution in [0.25, 0.3) is 0 Å². The zero-order valence-electron chi connectivity index (χ0n) is 10.2. The van der Waals surface area contributed by atoms with Gasteiger partial charge in [-0.15, -0.1) is 0 Å². The van der Waals surface area contributed by atoms with Crippen molar-refractivity contribution in [3.63, 3.8) is 0 Å². The molecule has 0 aliphatic carbocycles. The van der Waals surface area contributed by atoms with Gasteiger partial charge < -0.3 is 5.73 Å². The number of rotatable bonds is 4. The van der Waals surface area contributed by atoms with Crippen molar-refractivity contribution in [3.05, 3.63) is 70.8 Å². The van der Waals surface area contributed by atoms with E-state index in [2.05, 4.69) is 0 Å². The largest absolute Gasteiger partial charge is 0.330 e. The number of carbonyl (C=O) groups excluding carboxylic acids is 1. The first kappa shape index (κ1) is 13.4. The molecule has 2 nitrogen and oxygen atoms in total. The smallest absolute Gasteiger partial charge is 0.196 e. The van der Waals surface area contributed by atoms with E-state index in [-0.39, 0.29) is 5.56 Å². The van der Waals surface area contributed by atoms with E-state index in [0.29, 0.717) is 18.5 Å². The monoisotopic (exact) mass is 261 g/mol. The molecule has 0 aliphatic heterocycles. The van der Waals surface area contributed by atoms with Crippen LogP contribution >= 0.6 is 0 Å². The second kappa shape index (κ2) is 5.71. The van der Waals surface area contributed by atoms with Crippen LogP contribution in [0.1, 0.15) is 21.5 Å². The van der Waals surface area contributed by atoms with E-state index in [9.17, 15) is 13.6 Å². The summed E-state index contributed by atoms with van der Waals surface area (Å²) in [4.78, 5) is 12.1. The number of hydrogen-bond acceptors (Lipinski definition) is 2. The molecular weight excluding hydrogens is 248 g/mol. The van der Waals surface area contributed by atoms with Crippen molar-refractivity contribution in [2.24, 2.45) is 5.73 Å². The van der Waals surface area contributed by atoms with Gasteiger partial charge in [-0.05, 0) is 30.7 Å². The summed E-state index contributed by atoms with van der Waals surface area (Å²) >= 11 is 0. The van der Waals surface area contributed by atoms with Gasteiger partial charge in [-0.25, -0.2) is 8.78 Å². The summed E-state index contributed by atoms with van der Waals surface area (Å²) in [5.74, 6) is -2.67. The number of ketones is 1. The molecule has 0 aromatic heterocycles. The van der Waals surface area contributed by atoms with Gasteiger partial charge in [0.15, 0.2) is 17.4 Å². The van der Waals surface area contributed by atoms with Gasteiger partial charge in [0.05, 0.1) is 5.56 Å². The molecule has 0 saturated heterocycles. The lowest BCUT2D eigenvalue weighted by molar-refractivity contribution is 0.103. The minimum absolute atomic E-state index is 0.258. The molecule has 0 radical (unpaired) electrons. The Labute approximate surface area is 109 Å². The third-order valence-electron chi connectivity index (χ3n) is 2.85. The first-order valence-electron chi connectivity index (χ1n) is 5.91. The van der Waals surface area contributed by atoms with Crippen molar-refractivity contribution in [1.29, 1.82) is 0 Å². The van der Waals surface area contributed by atoms with Crippen molar-refractivity contribution in [2.75, 3.05) is 6.54 Å². The highest BCUT2D eigenvalue weighted by molar-refractivity contribution is 6.09. The summed E-state index contributed by atoms with van der Waals surface area (Å²) in [5, 5.41) is 0. The van der Waals surface area contributed by atoms with Crippen LogP contribution in [0.5, 0.6) is 0 Å². The SMILES string of the molecule is NCCc1ccc(C(=O)c2cccc(F)c2F)cc1. The minimum atomic E-state index is -1.11. The van der Waals surface area contributed by atoms with Gasteiger partial charge in [-0.3, -0.25) is 4.79 Å². The van der Waals surface area contributed by atoms with Gasteiger partial charge in [-0.2, -0.15) is 0 Å². The maximum absolute atomic E-state index is 13.5. The third kappa shape index (κ3) is 2.85. The number of carbonyl (C=O) groups is 1. The van der Waals surface area contributed by atoms with Crippen molar-refractivity contribution >= 4 is 5.78 Å². The molecule has 0 saturated carbocycles. The van der Waals surface area contributed by atoms with Crippen molar-refractivity contribution in [3.8, 4) is 0 Å². The van der Waals surface area contributed by atoms with Crippen LogP contribution in [0.3, 0.4) is 0 Å². The average Bonchev–Trinajstić information content (AvgIpc) is 2.42. The summed E-state index contributed by atoms with van der Waals surface area (Å²) < 4.78 is 26.6. The molecule has 0 amide bonds. The summed E-state index contributed by atoms with van der Waals surface area (Å²) in [6.07, 6.45) is 0.711. The molecular formula is C15H13F2NO. The fourth-order valence-corrected chi connectivity index (χ4v) is 1.82. The van der Waals surface area contributed by atoms with E-state index < -0.39 is 17.4 Å². The lowest BCUT2D eigenvalue weighted by atomic mass is 10.0. The quantitative estimate of drug-likeness (QED) is 0.860. The molecule has 2 aromatic carbocycles. The second-order valence-electron chi connectivity index (χ2n) is 4.17. The average molecular weight is 261 g/mol. The highest BCUT2D eigenvalue weighted by atomic mass is 19.2. The fraction of sp³-hybridized carbons (Fsp3) is 0.133. The molecule has 0 spiro atoms. The fourth-order valence-electron chi connectivity index (χ4n) is 1.82. The Balaban J connectivity index is 2.31. The topological polar surface area (TPSA) is 43.1 Å². The van der Waals surface area contributed by atoms with Gasteiger partial charge in [0, 0.05) is 5.56 Å². The van der Waals surface area contributed by atoms with E-state index in [4.69, 9.17) is 5.73 Å². The molecule has 2 aromatic rings. The first-order chi connectivity index (χ1) is 9.13. The third-order valence-corrected chi connectivity index (χ3v) is 2.85. The molecule has 0 aliphatic rings. The molecule has 98 valence electrons. The zero-order chi connectivity index (χ0) is 13.8. The van der Waals surface area contributed by atoms with Crippen LogP contribution in [0.4, 0.5) is 8.78 Å². The van der Waals surface area contributed by atoms with Crippen LogP contribution in [0.2, 0.25) is 0 Å². The standard InChI is InChI=1S/C15H13F2NO/c16-13-3-1-2-12(14(13)17)15(19)11-6-4-10(5-7-11)8-9-18/h1-7H,8-9,18H2. The van der Waals surface area contributed by atoms with Crippen LogP contribution in [-0.4, -0.2) is 12.3 Å². The van der Waals surface area contributed by atoms with Crippen LogP contribution < -0.4 is 5.73 Å². The lowest BCUT2D eigenvalue weighted by Crippen LogP contribution is -2.07. The highest BCUT2D eigenvalue weighted by Gasteiger charge is 2.16. The van der Waals surface area contributed by atoms with E-state index in [0.717, 1.165) is 11.6 Å². The zero-order valence-corrected chi connectivity index (χ0v) is 10.2. The number of halogens is 2. The maximum atomic E-state index is 13.5. The van der Waals surface area contributed by atoms with Crippen molar-refractivity contribution in [2.45, 2.75) is 6.42 Å². The molecule has 0 atom stereocenters. The van der Waals surface area contributed by atoms with Gasteiger partial charge in [-0.1, -0.05) is 30.3 Å². The van der Waals surface area contributed by atoms with Gasteiger partial charge >= 0.3 is 0 Å². The molecule has 2 rings (SSSR count). The van der Waals surface area contributed by atoms with Gasteiger partial charge in [0.1, 0.15) is 0 Å². The Kier molecular flexibility index (Phi) is 4.02. The summed E-state index contributed by atoms with van der Waals surface area (Å²) in [7, 11) is 0. The normalized spacial score (nSPS) is 10.5. The molecule has 2 N–H and O–H groups in total. The predicted molar refractivity (Wildman–Crippen MR) is 69.0 cm³/mol. The van der Waals surface area contributed by atoms with Crippen molar-refractivity contribution in [1.82, 2.24) is 0 Å². The maximum Gasteiger partial charge on any atom is 0.196 e. The molecule has 0 unspecified atom stereocenters. The Morgan fingerprint density at radius 2 is 1.74 bits per heavy atom. The Hall–Kier alpha value is -2.07. The van der Waals surface area contributed by atoms with Crippen LogP contribution in [-0.2, 0) is 6.42 Å².